The van der Waals surface area contributed by atoms with Crippen LogP contribution in [0, 0.1) is 0 Å². The Hall–Kier alpha value is -1.88. The molecule has 1 aromatic carbocycles. The van der Waals surface area contributed by atoms with Crippen LogP contribution in [0.1, 0.15) is 5.56 Å². The summed E-state index contributed by atoms with van der Waals surface area (Å²) < 4.78 is 4.73. The SMILES string of the molecule is C[N+](C)(CC(=O)O)C(=O)OCc1ccccc1. The van der Waals surface area contributed by atoms with Gasteiger partial charge in [0.2, 0.25) is 0 Å². The minimum Gasteiger partial charge on any atom is -0.477 e. The third-order valence-corrected chi connectivity index (χ3v) is 2.23. The van der Waals surface area contributed by atoms with Crippen molar-refractivity contribution >= 4 is 12.1 Å². The predicted molar refractivity (Wildman–Crippen MR) is 61.2 cm³/mol. The van der Waals surface area contributed by atoms with Gasteiger partial charge < -0.3 is 9.84 Å². The molecule has 0 aromatic heterocycles. The van der Waals surface area contributed by atoms with Gasteiger partial charge in [0, 0.05) is 0 Å². The second kappa shape index (κ2) is 5.45. The third-order valence-electron chi connectivity index (χ3n) is 2.23. The average molecular weight is 238 g/mol. The summed E-state index contributed by atoms with van der Waals surface area (Å²) in [6.07, 6.45) is -0.559. The van der Waals surface area contributed by atoms with Gasteiger partial charge in [0.15, 0.2) is 6.54 Å². The lowest BCUT2D eigenvalue weighted by atomic mass is 10.2. The van der Waals surface area contributed by atoms with Gasteiger partial charge in [-0.05, 0) is 5.56 Å². The normalized spacial score (nSPS) is 10.9. The van der Waals surface area contributed by atoms with Crippen molar-refractivity contribution in [3.8, 4) is 0 Å². The number of amides is 1. The van der Waals surface area contributed by atoms with Crippen molar-refractivity contribution in [2.24, 2.45) is 0 Å². The van der Waals surface area contributed by atoms with Crippen molar-refractivity contribution in [2.45, 2.75) is 6.61 Å². The van der Waals surface area contributed by atoms with Gasteiger partial charge >= 0.3 is 12.1 Å². The summed E-state index contributed by atoms with van der Waals surface area (Å²) in [6.45, 7) is -0.144. The maximum absolute atomic E-state index is 11.7. The molecule has 92 valence electrons. The van der Waals surface area contributed by atoms with Crippen molar-refractivity contribution in [1.29, 1.82) is 0 Å². The molecular formula is C12H16NO4+. The molecule has 0 saturated heterocycles. The van der Waals surface area contributed by atoms with Crippen LogP contribution in [-0.4, -0.2) is 42.3 Å². The van der Waals surface area contributed by atoms with Crippen LogP contribution in [0.15, 0.2) is 30.3 Å². The lowest BCUT2D eigenvalue weighted by molar-refractivity contribution is -0.809. The lowest BCUT2D eigenvalue weighted by Gasteiger charge is -2.23. The number of aliphatic carboxylic acids is 1. The maximum Gasteiger partial charge on any atom is 0.516 e. The van der Waals surface area contributed by atoms with Crippen LogP contribution >= 0.6 is 0 Å². The molecule has 0 aliphatic carbocycles. The molecule has 5 heteroatoms. The molecule has 0 atom stereocenters. The Labute approximate surface area is 99.8 Å². The van der Waals surface area contributed by atoms with E-state index in [9.17, 15) is 9.59 Å². The van der Waals surface area contributed by atoms with Gasteiger partial charge in [0.05, 0.1) is 14.1 Å². The molecule has 0 saturated carbocycles. The van der Waals surface area contributed by atoms with Gasteiger partial charge in [-0.1, -0.05) is 30.3 Å². The summed E-state index contributed by atoms with van der Waals surface area (Å²) in [7, 11) is 3.00. The first-order valence-corrected chi connectivity index (χ1v) is 5.18. The number of rotatable bonds is 4. The second-order valence-corrected chi connectivity index (χ2v) is 4.28. The summed E-state index contributed by atoms with van der Waals surface area (Å²) in [6, 6.07) is 9.24. The zero-order valence-corrected chi connectivity index (χ0v) is 9.92. The number of hydrogen-bond acceptors (Lipinski definition) is 3. The molecule has 0 bridgehead atoms. The molecule has 1 N–H and O–H groups in total. The van der Waals surface area contributed by atoms with E-state index in [1.165, 1.54) is 14.1 Å². The van der Waals surface area contributed by atoms with Crippen molar-refractivity contribution in [3.05, 3.63) is 35.9 Å². The fourth-order valence-corrected chi connectivity index (χ4v) is 1.30. The zero-order valence-electron chi connectivity index (χ0n) is 9.92. The minimum atomic E-state index is -1.04. The third kappa shape index (κ3) is 4.24. The Balaban J connectivity index is 2.52. The average Bonchev–Trinajstić information content (AvgIpc) is 2.25. The van der Waals surface area contributed by atoms with E-state index in [1.807, 2.05) is 30.3 Å². The number of carbonyl (C=O) groups is 2. The lowest BCUT2D eigenvalue weighted by Crippen LogP contribution is -2.49. The Morgan fingerprint density at radius 2 is 1.82 bits per heavy atom. The summed E-state index contributed by atoms with van der Waals surface area (Å²) in [4.78, 5) is 22.2. The van der Waals surface area contributed by atoms with Gasteiger partial charge in [0.1, 0.15) is 6.61 Å². The molecule has 1 amide bonds. The van der Waals surface area contributed by atoms with Crippen molar-refractivity contribution in [2.75, 3.05) is 20.6 Å². The van der Waals surface area contributed by atoms with E-state index < -0.39 is 12.1 Å². The van der Waals surface area contributed by atoms with Crippen LogP contribution in [-0.2, 0) is 16.1 Å². The smallest absolute Gasteiger partial charge is 0.477 e. The van der Waals surface area contributed by atoms with Crippen LogP contribution in [0.25, 0.3) is 0 Å². The van der Waals surface area contributed by atoms with Gasteiger partial charge in [-0.2, -0.15) is 4.79 Å². The number of likely N-dealkylation sites (N-methyl/N-ethyl adjacent to an activating group) is 1. The number of carboxylic acid groups (broad SMARTS) is 1. The van der Waals surface area contributed by atoms with Gasteiger partial charge in [-0.25, -0.2) is 9.28 Å². The van der Waals surface area contributed by atoms with E-state index in [0.717, 1.165) is 5.56 Å². The van der Waals surface area contributed by atoms with Crippen LogP contribution in [0.5, 0.6) is 0 Å². The number of hydrogen-bond donors (Lipinski definition) is 1. The summed E-state index contributed by atoms with van der Waals surface area (Å²) in [5.74, 6) is -1.04. The van der Waals surface area contributed by atoms with E-state index in [1.54, 1.807) is 0 Å². The molecule has 1 rings (SSSR count). The molecule has 0 unspecified atom stereocenters. The summed E-state index contributed by atoms with van der Waals surface area (Å²) in [5, 5.41) is 8.66. The van der Waals surface area contributed by atoms with E-state index in [2.05, 4.69) is 0 Å². The Kier molecular flexibility index (Phi) is 4.23. The molecule has 0 fully saturated rings. The molecule has 0 aliphatic heterocycles. The Morgan fingerprint density at radius 3 is 2.35 bits per heavy atom. The minimum absolute atomic E-state index is 0.154. The maximum atomic E-state index is 11.7. The largest absolute Gasteiger partial charge is 0.516 e. The van der Waals surface area contributed by atoms with Gasteiger partial charge in [0.25, 0.3) is 0 Å². The first-order chi connectivity index (χ1) is 7.92. The van der Waals surface area contributed by atoms with E-state index in [-0.39, 0.29) is 17.6 Å². The van der Waals surface area contributed by atoms with E-state index in [4.69, 9.17) is 9.84 Å². The van der Waals surface area contributed by atoms with Gasteiger partial charge in [-0.3, -0.25) is 0 Å². The number of quaternary nitrogens is 1. The number of ether oxygens (including phenoxy) is 1. The molecule has 0 spiro atoms. The Bertz CT molecular complexity index is 400. The van der Waals surface area contributed by atoms with Crippen LogP contribution in [0.2, 0.25) is 0 Å². The molecule has 0 radical (unpaired) electrons. The second-order valence-electron chi connectivity index (χ2n) is 4.28. The molecule has 0 aliphatic rings. The van der Waals surface area contributed by atoms with Crippen LogP contribution < -0.4 is 0 Å². The highest BCUT2D eigenvalue weighted by Gasteiger charge is 2.31. The van der Waals surface area contributed by atoms with Gasteiger partial charge in [-0.15, -0.1) is 0 Å². The van der Waals surface area contributed by atoms with Crippen LogP contribution in [0.4, 0.5) is 4.79 Å². The fraction of sp³-hybridized carbons (Fsp3) is 0.333. The van der Waals surface area contributed by atoms with E-state index in [0.29, 0.717) is 0 Å². The Morgan fingerprint density at radius 1 is 1.24 bits per heavy atom. The van der Waals surface area contributed by atoms with Crippen molar-refractivity contribution in [1.82, 2.24) is 0 Å². The summed E-state index contributed by atoms with van der Waals surface area (Å²) in [5.41, 5.74) is 0.871. The summed E-state index contributed by atoms with van der Waals surface area (Å²) >= 11 is 0. The molecule has 0 heterocycles. The predicted octanol–water partition coefficient (Wildman–Crippen LogP) is 1.48. The standard InChI is InChI=1S/C12H15NO4/c1-13(2,8-11(14)15)12(16)17-9-10-6-4-3-5-7-10/h3-7H,8-9H2,1-2H3/p+1. The van der Waals surface area contributed by atoms with Crippen molar-refractivity contribution in [3.63, 3.8) is 0 Å². The monoisotopic (exact) mass is 238 g/mol. The molecule has 5 nitrogen and oxygen atoms in total. The van der Waals surface area contributed by atoms with Crippen LogP contribution in [0.3, 0.4) is 0 Å². The number of benzene rings is 1. The topological polar surface area (TPSA) is 63.6 Å². The zero-order chi connectivity index (χ0) is 12.9. The molecule has 17 heavy (non-hydrogen) atoms. The molecule has 1 aromatic rings. The first kappa shape index (κ1) is 13.2. The quantitative estimate of drug-likeness (QED) is 0.807. The molecular weight excluding hydrogens is 222 g/mol. The number of carbonyl (C=O) groups excluding carboxylic acids is 1. The van der Waals surface area contributed by atoms with E-state index >= 15 is 0 Å². The fourth-order valence-electron chi connectivity index (χ4n) is 1.30. The van der Waals surface area contributed by atoms with Crippen molar-refractivity contribution < 1.29 is 23.9 Å². The highest BCUT2D eigenvalue weighted by Crippen LogP contribution is 2.06. The number of nitrogens with zero attached hydrogens (tertiary/aromatic N) is 1. The highest BCUT2D eigenvalue weighted by molar-refractivity contribution is 5.71. The number of carboxylic acids is 1. The first-order valence-electron chi connectivity index (χ1n) is 5.18. The highest BCUT2D eigenvalue weighted by atomic mass is 16.6.